The zero-order valence-electron chi connectivity index (χ0n) is 15.1. The summed E-state index contributed by atoms with van der Waals surface area (Å²) < 4.78 is 16.5. The Kier molecular flexibility index (Phi) is 5.30. The van der Waals surface area contributed by atoms with Gasteiger partial charge in [0, 0.05) is 23.4 Å². The van der Waals surface area contributed by atoms with Gasteiger partial charge in [-0.1, -0.05) is 12.1 Å². The molecule has 29 heavy (non-hydrogen) atoms. The first-order valence-electron chi connectivity index (χ1n) is 8.75. The summed E-state index contributed by atoms with van der Waals surface area (Å²) in [4.78, 5) is 23.6. The molecule has 0 atom stereocenters. The molecule has 1 aliphatic heterocycles. The Morgan fingerprint density at radius 2 is 1.93 bits per heavy atom. The summed E-state index contributed by atoms with van der Waals surface area (Å²) in [5.74, 6) is 1.17. The van der Waals surface area contributed by atoms with Crippen LogP contribution in [0.15, 0.2) is 53.9 Å². The molecule has 0 spiro atoms. The number of hydrogen-bond acceptors (Lipinski definition) is 7. The normalized spacial score (nSPS) is 12.3. The van der Waals surface area contributed by atoms with Crippen molar-refractivity contribution in [3.8, 4) is 17.2 Å². The summed E-state index contributed by atoms with van der Waals surface area (Å²) in [6, 6.07) is 13.1. The van der Waals surface area contributed by atoms with Crippen molar-refractivity contribution >= 4 is 28.6 Å². The van der Waals surface area contributed by atoms with E-state index in [1.807, 2.05) is 0 Å². The van der Waals surface area contributed by atoms with Crippen molar-refractivity contribution in [3.63, 3.8) is 0 Å². The number of benzene rings is 2. The van der Waals surface area contributed by atoms with Crippen LogP contribution in [0.1, 0.15) is 15.2 Å². The number of ether oxygens (including phenoxy) is 3. The number of fused-ring (bicyclic) bond motifs is 1. The van der Waals surface area contributed by atoms with E-state index in [1.165, 1.54) is 17.4 Å². The van der Waals surface area contributed by atoms with E-state index >= 15 is 0 Å². The predicted molar refractivity (Wildman–Crippen MR) is 107 cm³/mol. The minimum Gasteiger partial charge on any atom is -0.486 e. The van der Waals surface area contributed by atoms with Gasteiger partial charge in [0.05, 0.1) is 9.80 Å². The molecular weight excluding hydrogens is 396 g/mol. The van der Waals surface area contributed by atoms with Crippen molar-refractivity contribution in [2.45, 2.75) is 6.61 Å². The SMILES string of the molecule is O=C(Nc1ccc2c(c1)OCCO2)c1cc(COc2ccccc2[N+](=O)[O-])cs1. The van der Waals surface area contributed by atoms with Gasteiger partial charge in [0.2, 0.25) is 0 Å². The number of para-hydroxylation sites is 2. The second-order valence-corrected chi connectivity index (χ2v) is 7.06. The molecule has 2 heterocycles. The van der Waals surface area contributed by atoms with Gasteiger partial charge in [0.25, 0.3) is 5.91 Å². The second-order valence-electron chi connectivity index (χ2n) is 6.15. The first kappa shape index (κ1) is 18.8. The van der Waals surface area contributed by atoms with E-state index in [-0.39, 0.29) is 24.0 Å². The molecule has 1 aromatic heterocycles. The van der Waals surface area contributed by atoms with E-state index in [0.29, 0.717) is 35.3 Å². The Morgan fingerprint density at radius 3 is 2.76 bits per heavy atom. The maximum absolute atomic E-state index is 12.5. The van der Waals surface area contributed by atoms with Crippen LogP contribution in [0.5, 0.6) is 17.2 Å². The molecule has 1 amide bonds. The summed E-state index contributed by atoms with van der Waals surface area (Å²) in [6.07, 6.45) is 0. The third kappa shape index (κ3) is 4.30. The molecule has 0 unspecified atom stereocenters. The van der Waals surface area contributed by atoms with Crippen molar-refractivity contribution in [3.05, 3.63) is 74.5 Å². The topological polar surface area (TPSA) is 99.9 Å². The lowest BCUT2D eigenvalue weighted by Gasteiger charge is -2.18. The van der Waals surface area contributed by atoms with Crippen molar-refractivity contribution in [1.82, 2.24) is 0 Å². The van der Waals surface area contributed by atoms with Crippen molar-refractivity contribution in [1.29, 1.82) is 0 Å². The van der Waals surface area contributed by atoms with Crippen molar-refractivity contribution in [2.24, 2.45) is 0 Å². The average Bonchev–Trinajstić information content (AvgIpc) is 3.21. The zero-order valence-corrected chi connectivity index (χ0v) is 15.9. The fraction of sp³-hybridized carbons (Fsp3) is 0.150. The molecule has 0 saturated carbocycles. The molecule has 0 aliphatic carbocycles. The number of anilines is 1. The van der Waals surface area contributed by atoms with Crippen LogP contribution in [0, 0.1) is 10.1 Å². The summed E-state index contributed by atoms with van der Waals surface area (Å²) >= 11 is 1.27. The van der Waals surface area contributed by atoms with E-state index in [1.54, 1.807) is 47.8 Å². The van der Waals surface area contributed by atoms with Crippen molar-refractivity contribution < 1.29 is 23.9 Å². The summed E-state index contributed by atoms with van der Waals surface area (Å²) in [6.45, 7) is 1.10. The second kappa shape index (κ2) is 8.19. The highest BCUT2D eigenvalue weighted by molar-refractivity contribution is 7.12. The Hall–Kier alpha value is -3.59. The molecule has 1 aliphatic rings. The number of nitrogens with one attached hydrogen (secondary N) is 1. The van der Waals surface area contributed by atoms with Gasteiger partial charge in [0.15, 0.2) is 17.2 Å². The Balaban J connectivity index is 1.40. The quantitative estimate of drug-likeness (QED) is 0.480. The molecule has 0 fully saturated rings. The highest BCUT2D eigenvalue weighted by atomic mass is 32.1. The molecule has 0 saturated heterocycles. The van der Waals surface area contributed by atoms with Crippen LogP contribution in [0.3, 0.4) is 0 Å². The number of carbonyl (C=O) groups excluding carboxylic acids is 1. The predicted octanol–water partition coefficient (Wildman–Crippen LogP) is 4.26. The van der Waals surface area contributed by atoms with E-state index in [2.05, 4.69) is 5.32 Å². The van der Waals surface area contributed by atoms with E-state index < -0.39 is 4.92 Å². The summed E-state index contributed by atoms with van der Waals surface area (Å²) in [5, 5.41) is 15.7. The fourth-order valence-corrected chi connectivity index (χ4v) is 3.57. The Morgan fingerprint density at radius 1 is 1.14 bits per heavy atom. The third-order valence-corrected chi connectivity index (χ3v) is 5.11. The lowest BCUT2D eigenvalue weighted by Crippen LogP contribution is -2.16. The number of nitrogens with zero attached hydrogens (tertiary/aromatic N) is 1. The molecule has 0 bridgehead atoms. The zero-order chi connectivity index (χ0) is 20.2. The van der Waals surface area contributed by atoms with Gasteiger partial charge in [-0.2, -0.15) is 0 Å². The van der Waals surface area contributed by atoms with E-state index in [0.717, 1.165) is 5.56 Å². The smallest absolute Gasteiger partial charge is 0.310 e. The largest absolute Gasteiger partial charge is 0.486 e. The lowest BCUT2D eigenvalue weighted by atomic mass is 10.2. The molecule has 4 rings (SSSR count). The highest BCUT2D eigenvalue weighted by Crippen LogP contribution is 2.33. The lowest BCUT2D eigenvalue weighted by molar-refractivity contribution is -0.385. The van der Waals surface area contributed by atoms with Crippen molar-refractivity contribution in [2.75, 3.05) is 18.5 Å². The van der Waals surface area contributed by atoms with Gasteiger partial charge in [-0.3, -0.25) is 14.9 Å². The van der Waals surface area contributed by atoms with Gasteiger partial charge in [0.1, 0.15) is 19.8 Å². The maximum atomic E-state index is 12.5. The third-order valence-electron chi connectivity index (χ3n) is 4.13. The monoisotopic (exact) mass is 412 g/mol. The number of nitro benzene ring substituents is 1. The standard InChI is InChI=1S/C20H16N2O6S/c23-20(21-14-5-6-17-18(10-14)27-8-7-26-17)19-9-13(12-29-19)11-28-16-4-2-1-3-15(16)22(24)25/h1-6,9-10,12H,7-8,11H2,(H,21,23). The van der Waals surface area contributed by atoms with Crippen LogP contribution < -0.4 is 19.5 Å². The van der Waals surface area contributed by atoms with Crippen LogP contribution in [0.2, 0.25) is 0 Å². The molecule has 8 nitrogen and oxygen atoms in total. The van der Waals surface area contributed by atoms with Gasteiger partial charge in [-0.15, -0.1) is 11.3 Å². The molecule has 9 heteroatoms. The molecule has 0 radical (unpaired) electrons. The minimum absolute atomic E-state index is 0.0979. The highest BCUT2D eigenvalue weighted by Gasteiger charge is 2.16. The van der Waals surface area contributed by atoms with Gasteiger partial charge in [-0.25, -0.2) is 0 Å². The first-order valence-corrected chi connectivity index (χ1v) is 9.63. The summed E-state index contributed by atoms with van der Waals surface area (Å²) in [7, 11) is 0. The van der Waals surface area contributed by atoms with Crippen LogP contribution >= 0.6 is 11.3 Å². The minimum atomic E-state index is -0.491. The number of amides is 1. The maximum Gasteiger partial charge on any atom is 0.310 e. The van der Waals surface area contributed by atoms with E-state index in [9.17, 15) is 14.9 Å². The van der Waals surface area contributed by atoms with Crippen LogP contribution in [-0.4, -0.2) is 24.0 Å². The van der Waals surface area contributed by atoms with Crippen LogP contribution in [0.4, 0.5) is 11.4 Å². The summed E-state index contributed by atoms with van der Waals surface area (Å²) in [5.41, 5.74) is 1.25. The number of hydrogen-bond donors (Lipinski definition) is 1. The Bertz CT molecular complexity index is 1060. The fourth-order valence-electron chi connectivity index (χ4n) is 2.78. The molecule has 3 aromatic rings. The number of rotatable bonds is 6. The van der Waals surface area contributed by atoms with Gasteiger partial charge < -0.3 is 19.5 Å². The average molecular weight is 412 g/mol. The number of nitro groups is 1. The Labute approximate surface area is 169 Å². The first-order chi connectivity index (χ1) is 14.1. The van der Waals surface area contributed by atoms with Crippen LogP contribution in [0.25, 0.3) is 0 Å². The number of thiophene rings is 1. The molecular formula is C20H16N2O6S. The molecule has 2 aromatic carbocycles. The molecule has 148 valence electrons. The van der Waals surface area contributed by atoms with Crippen LogP contribution in [-0.2, 0) is 6.61 Å². The van der Waals surface area contributed by atoms with Gasteiger partial charge >= 0.3 is 5.69 Å². The molecule has 1 N–H and O–H groups in total. The number of carbonyl (C=O) groups is 1. The van der Waals surface area contributed by atoms with E-state index in [4.69, 9.17) is 14.2 Å². The van der Waals surface area contributed by atoms with Gasteiger partial charge in [-0.05, 0) is 29.6 Å².